The van der Waals surface area contributed by atoms with Crippen LogP contribution < -0.4 is 10.1 Å². The van der Waals surface area contributed by atoms with Gasteiger partial charge in [0.2, 0.25) is 0 Å². The third-order valence-electron chi connectivity index (χ3n) is 3.53. The van der Waals surface area contributed by atoms with Gasteiger partial charge in [-0.15, -0.1) is 0 Å². The Hall–Kier alpha value is -0.770. The van der Waals surface area contributed by atoms with Crippen molar-refractivity contribution in [3.8, 4) is 5.75 Å². The Morgan fingerprint density at radius 3 is 2.70 bits per heavy atom. The van der Waals surface area contributed by atoms with Crippen LogP contribution in [0.15, 0.2) is 18.2 Å². The summed E-state index contributed by atoms with van der Waals surface area (Å²) in [4.78, 5) is 0. The first-order chi connectivity index (χ1) is 9.35. The summed E-state index contributed by atoms with van der Waals surface area (Å²) >= 11 is 6.08. The van der Waals surface area contributed by atoms with Crippen molar-refractivity contribution in [1.29, 1.82) is 0 Å². The standard InChI is InChI=1S/C16H24ClNO2/c1-16(2,3)18-10-11-9-12(17)7-8-14(11)20-15-6-4-5-13(15)19/h7-9,13,15,18-19H,4-6,10H2,1-3H3. The van der Waals surface area contributed by atoms with Gasteiger partial charge in [0.05, 0.1) is 6.10 Å². The largest absolute Gasteiger partial charge is 0.487 e. The molecule has 1 aromatic carbocycles. The van der Waals surface area contributed by atoms with E-state index in [0.29, 0.717) is 11.6 Å². The van der Waals surface area contributed by atoms with Crippen LogP contribution in [-0.4, -0.2) is 22.9 Å². The maximum Gasteiger partial charge on any atom is 0.124 e. The molecule has 0 aromatic heterocycles. The molecule has 2 N–H and O–H groups in total. The van der Waals surface area contributed by atoms with E-state index in [1.165, 1.54) is 0 Å². The minimum Gasteiger partial charge on any atom is -0.487 e. The first kappa shape index (κ1) is 15.6. The summed E-state index contributed by atoms with van der Waals surface area (Å²) in [7, 11) is 0. The molecule has 1 aliphatic rings. The van der Waals surface area contributed by atoms with Crippen LogP contribution in [0.1, 0.15) is 45.6 Å². The molecule has 1 saturated carbocycles. The highest BCUT2D eigenvalue weighted by molar-refractivity contribution is 6.30. The van der Waals surface area contributed by atoms with Crippen LogP contribution >= 0.6 is 11.6 Å². The van der Waals surface area contributed by atoms with Crippen LogP contribution in [0.2, 0.25) is 5.02 Å². The van der Waals surface area contributed by atoms with Gasteiger partial charge in [0.25, 0.3) is 0 Å². The molecule has 3 nitrogen and oxygen atoms in total. The molecule has 0 amide bonds. The number of hydrogen-bond acceptors (Lipinski definition) is 3. The molecule has 0 radical (unpaired) electrons. The van der Waals surface area contributed by atoms with E-state index in [2.05, 4.69) is 26.1 Å². The second kappa shape index (κ2) is 6.33. The van der Waals surface area contributed by atoms with Gasteiger partial charge in [-0.2, -0.15) is 0 Å². The van der Waals surface area contributed by atoms with Crippen LogP contribution in [0.3, 0.4) is 0 Å². The quantitative estimate of drug-likeness (QED) is 0.893. The molecule has 4 heteroatoms. The van der Waals surface area contributed by atoms with Crippen molar-refractivity contribution >= 4 is 11.6 Å². The van der Waals surface area contributed by atoms with Gasteiger partial charge in [0.1, 0.15) is 11.9 Å². The molecule has 0 saturated heterocycles. The zero-order valence-electron chi connectivity index (χ0n) is 12.4. The molecule has 0 aliphatic heterocycles. The van der Waals surface area contributed by atoms with Crippen molar-refractivity contribution in [2.45, 2.75) is 64.3 Å². The Balaban J connectivity index is 2.10. The normalized spacial score (nSPS) is 23.1. The minimum atomic E-state index is -0.353. The fourth-order valence-electron chi connectivity index (χ4n) is 2.37. The summed E-state index contributed by atoms with van der Waals surface area (Å²) in [5.41, 5.74) is 1.07. The summed E-state index contributed by atoms with van der Waals surface area (Å²) in [6.45, 7) is 7.07. The Bertz CT molecular complexity index is 456. The molecule has 112 valence electrons. The highest BCUT2D eigenvalue weighted by Crippen LogP contribution is 2.29. The highest BCUT2D eigenvalue weighted by Gasteiger charge is 2.27. The highest BCUT2D eigenvalue weighted by atomic mass is 35.5. The maximum atomic E-state index is 9.89. The van der Waals surface area contributed by atoms with Crippen molar-refractivity contribution in [3.05, 3.63) is 28.8 Å². The van der Waals surface area contributed by atoms with E-state index in [4.69, 9.17) is 16.3 Å². The van der Waals surface area contributed by atoms with E-state index in [1.807, 2.05) is 18.2 Å². The second-order valence-electron chi connectivity index (χ2n) is 6.51. The lowest BCUT2D eigenvalue weighted by Crippen LogP contribution is -2.35. The third kappa shape index (κ3) is 4.37. The molecule has 1 aromatic rings. The molecule has 2 rings (SSSR count). The fraction of sp³-hybridized carbons (Fsp3) is 0.625. The Labute approximate surface area is 126 Å². The fourth-order valence-corrected chi connectivity index (χ4v) is 2.56. The molecule has 1 fully saturated rings. The number of ether oxygens (including phenoxy) is 1. The minimum absolute atomic E-state index is 0.0342. The number of hydrogen-bond donors (Lipinski definition) is 2. The predicted molar refractivity (Wildman–Crippen MR) is 82.3 cm³/mol. The topological polar surface area (TPSA) is 41.5 Å². The van der Waals surface area contributed by atoms with Gasteiger partial charge in [-0.3, -0.25) is 0 Å². The van der Waals surface area contributed by atoms with Crippen molar-refractivity contribution in [1.82, 2.24) is 5.32 Å². The number of halogens is 1. The third-order valence-corrected chi connectivity index (χ3v) is 3.76. The van der Waals surface area contributed by atoms with Crippen molar-refractivity contribution in [2.24, 2.45) is 0 Å². The van der Waals surface area contributed by atoms with E-state index in [-0.39, 0.29) is 17.7 Å². The summed E-state index contributed by atoms with van der Waals surface area (Å²) < 4.78 is 5.99. The predicted octanol–water partition coefficient (Wildman–Crippen LogP) is 3.52. The van der Waals surface area contributed by atoms with Gasteiger partial charge in [-0.25, -0.2) is 0 Å². The Morgan fingerprint density at radius 2 is 2.10 bits per heavy atom. The first-order valence-electron chi connectivity index (χ1n) is 7.23. The van der Waals surface area contributed by atoms with Crippen LogP contribution in [0.25, 0.3) is 0 Å². The molecular weight excluding hydrogens is 274 g/mol. The smallest absolute Gasteiger partial charge is 0.124 e. The molecule has 2 unspecified atom stereocenters. The molecule has 0 spiro atoms. The first-order valence-corrected chi connectivity index (χ1v) is 7.61. The Kier molecular flexibility index (Phi) is 4.95. The maximum absolute atomic E-state index is 9.89. The average molecular weight is 298 g/mol. The van der Waals surface area contributed by atoms with Crippen LogP contribution in [-0.2, 0) is 6.54 Å². The molecule has 0 heterocycles. The van der Waals surface area contributed by atoms with Gasteiger partial charge in [0.15, 0.2) is 0 Å². The van der Waals surface area contributed by atoms with Crippen LogP contribution in [0, 0.1) is 0 Å². The summed E-state index contributed by atoms with van der Waals surface area (Å²) in [6, 6.07) is 5.66. The SMILES string of the molecule is CC(C)(C)NCc1cc(Cl)ccc1OC1CCCC1O. The van der Waals surface area contributed by atoms with E-state index in [0.717, 1.165) is 30.6 Å². The molecule has 1 aliphatic carbocycles. The van der Waals surface area contributed by atoms with E-state index in [9.17, 15) is 5.11 Å². The molecule has 0 bridgehead atoms. The van der Waals surface area contributed by atoms with E-state index < -0.39 is 0 Å². The van der Waals surface area contributed by atoms with Crippen molar-refractivity contribution in [2.75, 3.05) is 0 Å². The Morgan fingerprint density at radius 1 is 1.35 bits per heavy atom. The summed E-state index contributed by atoms with van der Waals surface area (Å²) in [5.74, 6) is 0.817. The monoisotopic (exact) mass is 297 g/mol. The lowest BCUT2D eigenvalue weighted by Gasteiger charge is -2.23. The lowest BCUT2D eigenvalue weighted by atomic mass is 10.1. The number of nitrogens with one attached hydrogen (secondary N) is 1. The van der Waals surface area contributed by atoms with Gasteiger partial charge < -0.3 is 15.2 Å². The summed E-state index contributed by atoms with van der Waals surface area (Å²) in [6.07, 6.45) is 2.32. The van der Waals surface area contributed by atoms with Crippen LogP contribution in [0.4, 0.5) is 0 Å². The molecule has 2 atom stereocenters. The average Bonchev–Trinajstić information content (AvgIpc) is 2.74. The van der Waals surface area contributed by atoms with Crippen molar-refractivity contribution in [3.63, 3.8) is 0 Å². The van der Waals surface area contributed by atoms with Crippen molar-refractivity contribution < 1.29 is 9.84 Å². The van der Waals surface area contributed by atoms with E-state index in [1.54, 1.807) is 0 Å². The van der Waals surface area contributed by atoms with Gasteiger partial charge in [-0.05, 0) is 58.2 Å². The number of aliphatic hydroxyl groups is 1. The lowest BCUT2D eigenvalue weighted by molar-refractivity contribution is 0.0596. The number of aliphatic hydroxyl groups excluding tert-OH is 1. The zero-order chi connectivity index (χ0) is 14.8. The van der Waals surface area contributed by atoms with Gasteiger partial charge >= 0.3 is 0 Å². The van der Waals surface area contributed by atoms with Gasteiger partial charge in [-0.1, -0.05) is 11.6 Å². The number of benzene rings is 1. The zero-order valence-corrected chi connectivity index (χ0v) is 13.2. The summed E-state index contributed by atoms with van der Waals surface area (Å²) in [5, 5.41) is 14.0. The van der Waals surface area contributed by atoms with E-state index >= 15 is 0 Å². The van der Waals surface area contributed by atoms with Gasteiger partial charge in [0, 0.05) is 22.7 Å². The molecular formula is C16H24ClNO2. The molecule has 20 heavy (non-hydrogen) atoms. The van der Waals surface area contributed by atoms with Crippen LogP contribution in [0.5, 0.6) is 5.75 Å². The second-order valence-corrected chi connectivity index (χ2v) is 6.95. The number of rotatable bonds is 4.